The van der Waals surface area contributed by atoms with Gasteiger partial charge in [-0.2, -0.15) is 0 Å². The van der Waals surface area contributed by atoms with Crippen LogP contribution in [0.25, 0.3) is 0 Å². The monoisotopic (exact) mass is 351 g/mol. The molecular formula is C19H29NO5. The Morgan fingerprint density at radius 3 is 2.44 bits per heavy atom. The number of nitrogens with one attached hydrogen (secondary N) is 1. The molecule has 0 atom stereocenters. The van der Waals surface area contributed by atoms with E-state index in [2.05, 4.69) is 5.32 Å². The van der Waals surface area contributed by atoms with Gasteiger partial charge in [0.25, 0.3) is 0 Å². The summed E-state index contributed by atoms with van der Waals surface area (Å²) in [7, 11) is 0. The minimum Gasteiger partial charge on any atom is -0.444 e. The summed E-state index contributed by atoms with van der Waals surface area (Å²) in [5.74, 6) is 0.0283. The van der Waals surface area contributed by atoms with Gasteiger partial charge in [-0.3, -0.25) is 4.79 Å². The fraction of sp³-hybridized carbons (Fsp3) is 0.579. The van der Waals surface area contributed by atoms with Gasteiger partial charge in [0.1, 0.15) is 12.2 Å². The van der Waals surface area contributed by atoms with Gasteiger partial charge in [0, 0.05) is 19.6 Å². The number of rotatable bonds is 11. The highest BCUT2D eigenvalue weighted by Gasteiger charge is 2.15. The van der Waals surface area contributed by atoms with Crippen LogP contribution in [-0.2, 0) is 25.6 Å². The Morgan fingerprint density at radius 1 is 1.04 bits per heavy atom. The molecule has 0 bridgehead atoms. The lowest BCUT2D eigenvalue weighted by molar-refractivity contribution is -0.123. The highest BCUT2D eigenvalue weighted by molar-refractivity contribution is 5.79. The van der Waals surface area contributed by atoms with Crippen molar-refractivity contribution in [2.24, 2.45) is 0 Å². The Morgan fingerprint density at radius 2 is 1.76 bits per heavy atom. The van der Waals surface area contributed by atoms with Gasteiger partial charge in [0.15, 0.2) is 5.78 Å². The summed E-state index contributed by atoms with van der Waals surface area (Å²) < 4.78 is 15.9. The van der Waals surface area contributed by atoms with E-state index < -0.39 is 11.7 Å². The van der Waals surface area contributed by atoms with Gasteiger partial charge in [0.05, 0.1) is 13.2 Å². The standard InChI is InChI=1S/C19H29NO5/c1-19(2,3)25-18(22)20-11-13-24-15-17(21)10-7-12-23-14-16-8-5-4-6-9-16/h4-6,8-9H,7,10-15H2,1-3H3,(H,20,22). The molecule has 1 aromatic rings. The van der Waals surface area contributed by atoms with Crippen LogP contribution in [0.4, 0.5) is 4.79 Å². The minimum atomic E-state index is -0.524. The van der Waals surface area contributed by atoms with Gasteiger partial charge in [0.2, 0.25) is 0 Å². The van der Waals surface area contributed by atoms with E-state index in [0.29, 0.717) is 32.6 Å². The third-order valence-corrected chi connectivity index (χ3v) is 3.03. The Labute approximate surface area is 149 Å². The summed E-state index contributed by atoms with van der Waals surface area (Å²) in [6.07, 6.45) is 0.609. The summed E-state index contributed by atoms with van der Waals surface area (Å²) in [4.78, 5) is 23.1. The van der Waals surface area contributed by atoms with Gasteiger partial charge in [-0.15, -0.1) is 0 Å². The highest BCUT2D eigenvalue weighted by atomic mass is 16.6. The summed E-state index contributed by atoms with van der Waals surface area (Å²) >= 11 is 0. The molecule has 0 aliphatic rings. The molecule has 0 spiro atoms. The maximum absolute atomic E-state index is 11.7. The first kappa shape index (κ1) is 21.1. The van der Waals surface area contributed by atoms with Gasteiger partial charge < -0.3 is 19.5 Å². The zero-order valence-corrected chi connectivity index (χ0v) is 15.4. The van der Waals surface area contributed by atoms with Crippen LogP contribution in [0.15, 0.2) is 30.3 Å². The molecule has 0 aliphatic heterocycles. The second kappa shape index (κ2) is 11.6. The molecule has 1 N–H and O–H groups in total. The molecule has 0 radical (unpaired) electrons. The van der Waals surface area contributed by atoms with Gasteiger partial charge >= 0.3 is 6.09 Å². The average Bonchev–Trinajstić information content (AvgIpc) is 2.53. The molecule has 0 unspecified atom stereocenters. The van der Waals surface area contributed by atoms with Crippen molar-refractivity contribution in [3.05, 3.63) is 35.9 Å². The Balaban J connectivity index is 1.94. The first-order valence-corrected chi connectivity index (χ1v) is 8.55. The van der Waals surface area contributed by atoms with Crippen LogP contribution in [0.2, 0.25) is 0 Å². The number of carbonyl (C=O) groups is 2. The zero-order chi connectivity index (χ0) is 18.5. The van der Waals surface area contributed by atoms with E-state index in [1.54, 1.807) is 20.8 Å². The van der Waals surface area contributed by atoms with E-state index in [1.807, 2.05) is 30.3 Å². The third-order valence-electron chi connectivity index (χ3n) is 3.03. The molecule has 0 saturated heterocycles. The van der Waals surface area contributed by atoms with E-state index in [9.17, 15) is 9.59 Å². The first-order chi connectivity index (χ1) is 11.9. The van der Waals surface area contributed by atoms with Crippen LogP contribution < -0.4 is 5.32 Å². The summed E-state index contributed by atoms with van der Waals surface area (Å²) in [5.41, 5.74) is 0.596. The van der Waals surface area contributed by atoms with Crippen molar-refractivity contribution in [3.63, 3.8) is 0 Å². The van der Waals surface area contributed by atoms with Crippen LogP contribution in [0.3, 0.4) is 0 Å². The van der Waals surface area contributed by atoms with Crippen LogP contribution in [0.1, 0.15) is 39.2 Å². The van der Waals surface area contributed by atoms with Crippen molar-refractivity contribution in [1.82, 2.24) is 5.32 Å². The second-order valence-corrected chi connectivity index (χ2v) is 6.66. The number of alkyl carbamates (subject to hydrolysis) is 1. The quantitative estimate of drug-likeness (QED) is 0.620. The average molecular weight is 351 g/mol. The fourth-order valence-corrected chi connectivity index (χ4v) is 1.93. The van der Waals surface area contributed by atoms with E-state index in [4.69, 9.17) is 14.2 Å². The maximum Gasteiger partial charge on any atom is 0.407 e. The number of ether oxygens (including phenoxy) is 3. The van der Waals surface area contributed by atoms with E-state index in [1.165, 1.54) is 0 Å². The lowest BCUT2D eigenvalue weighted by Crippen LogP contribution is -2.34. The fourth-order valence-electron chi connectivity index (χ4n) is 1.93. The van der Waals surface area contributed by atoms with Gasteiger partial charge in [-0.05, 0) is 32.8 Å². The molecule has 25 heavy (non-hydrogen) atoms. The van der Waals surface area contributed by atoms with E-state index in [-0.39, 0.29) is 19.0 Å². The molecule has 140 valence electrons. The summed E-state index contributed by atoms with van der Waals surface area (Å²) in [6.45, 7) is 7.12. The molecule has 6 heteroatoms. The van der Waals surface area contributed by atoms with E-state index in [0.717, 1.165) is 5.56 Å². The SMILES string of the molecule is CC(C)(C)OC(=O)NCCOCC(=O)CCCOCc1ccccc1. The zero-order valence-electron chi connectivity index (χ0n) is 15.4. The second-order valence-electron chi connectivity index (χ2n) is 6.66. The Bertz CT molecular complexity index is 510. The number of Topliss-reactive ketones (excluding diaryl/α,β-unsaturated/α-hetero) is 1. The molecule has 1 amide bonds. The van der Waals surface area contributed by atoms with Gasteiger partial charge in [-0.25, -0.2) is 4.79 Å². The van der Waals surface area contributed by atoms with Crippen LogP contribution in [-0.4, -0.2) is 43.8 Å². The van der Waals surface area contributed by atoms with Crippen molar-refractivity contribution in [3.8, 4) is 0 Å². The third kappa shape index (κ3) is 12.1. The lowest BCUT2D eigenvalue weighted by Gasteiger charge is -2.19. The molecule has 1 aromatic carbocycles. The first-order valence-electron chi connectivity index (χ1n) is 8.55. The molecule has 0 aromatic heterocycles. The van der Waals surface area contributed by atoms with Crippen molar-refractivity contribution in [2.45, 2.75) is 45.8 Å². The van der Waals surface area contributed by atoms with Crippen LogP contribution in [0.5, 0.6) is 0 Å². The molecule has 1 rings (SSSR count). The van der Waals surface area contributed by atoms with Crippen molar-refractivity contribution in [1.29, 1.82) is 0 Å². The van der Waals surface area contributed by atoms with Crippen LogP contribution in [0, 0.1) is 0 Å². The number of carbonyl (C=O) groups excluding carboxylic acids is 2. The number of amides is 1. The molecule has 6 nitrogen and oxygen atoms in total. The van der Waals surface area contributed by atoms with Gasteiger partial charge in [-0.1, -0.05) is 30.3 Å². The van der Waals surface area contributed by atoms with E-state index >= 15 is 0 Å². The predicted octanol–water partition coefficient (Wildman–Crippen LogP) is 3.09. The molecule has 0 saturated carbocycles. The number of ketones is 1. The number of benzene rings is 1. The minimum absolute atomic E-state index is 0.0283. The predicted molar refractivity (Wildman–Crippen MR) is 95.4 cm³/mol. The van der Waals surface area contributed by atoms with Crippen molar-refractivity contribution in [2.75, 3.05) is 26.4 Å². The normalized spacial score (nSPS) is 11.2. The number of hydrogen-bond acceptors (Lipinski definition) is 5. The summed E-state index contributed by atoms with van der Waals surface area (Å²) in [5, 5.41) is 2.57. The molecular weight excluding hydrogens is 322 g/mol. The number of hydrogen-bond donors (Lipinski definition) is 1. The smallest absolute Gasteiger partial charge is 0.407 e. The molecule has 0 heterocycles. The lowest BCUT2D eigenvalue weighted by atomic mass is 10.2. The van der Waals surface area contributed by atoms with Crippen molar-refractivity contribution < 1.29 is 23.8 Å². The van der Waals surface area contributed by atoms with Crippen LogP contribution >= 0.6 is 0 Å². The Hall–Kier alpha value is -1.92. The highest BCUT2D eigenvalue weighted by Crippen LogP contribution is 2.06. The largest absolute Gasteiger partial charge is 0.444 e. The van der Waals surface area contributed by atoms with Crippen molar-refractivity contribution >= 4 is 11.9 Å². The maximum atomic E-state index is 11.7. The molecule has 0 fully saturated rings. The topological polar surface area (TPSA) is 73.9 Å². The summed E-state index contributed by atoms with van der Waals surface area (Å²) in [6, 6.07) is 9.91. The Kier molecular flexibility index (Phi) is 9.80. The molecule has 0 aliphatic carbocycles.